The summed E-state index contributed by atoms with van der Waals surface area (Å²) in [6.07, 6.45) is -1.10. The Morgan fingerprint density at radius 3 is 2.09 bits per heavy atom. The van der Waals surface area contributed by atoms with Gasteiger partial charge in [-0.1, -0.05) is 68.8 Å². The van der Waals surface area contributed by atoms with Crippen LogP contribution < -0.4 is 9.84 Å². The number of rotatable bonds is 5. The lowest BCUT2D eigenvalue weighted by molar-refractivity contribution is -0.424. The van der Waals surface area contributed by atoms with Crippen molar-refractivity contribution in [3.63, 3.8) is 0 Å². The summed E-state index contributed by atoms with van der Waals surface area (Å²) in [5.41, 5.74) is 2.41. The second-order valence-electron chi connectivity index (χ2n) is 6.72. The smallest absolute Gasteiger partial charge is 0.162 e. The van der Waals surface area contributed by atoms with Crippen molar-refractivity contribution in [3.8, 4) is 5.75 Å². The lowest BCUT2D eigenvalue weighted by atomic mass is 9.86. The number of benzene rings is 2. The van der Waals surface area contributed by atoms with E-state index in [1.807, 2.05) is 24.3 Å². The predicted octanol–water partition coefficient (Wildman–Crippen LogP) is 3.67. The van der Waals surface area contributed by atoms with Gasteiger partial charge in [0.2, 0.25) is 0 Å². The van der Waals surface area contributed by atoms with E-state index in [9.17, 15) is 9.90 Å². The van der Waals surface area contributed by atoms with Crippen molar-refractivity contribution in [2.75, 3.05) is 7.11 Å². The number of hydrogen-bond donors (Lipinski definition) is 0. The Morgan fingerprint density at radius 1 is 1.04 bits per heavy atom. The molecule has 0 saturated carbocycles. The molecule has 1 unspecified atom stereocenters. The molecule has 0 saturated heterocycles. The largest absolute Gasteiger partial charge is 0.848 e. The van der Waals surface area contributed by atoms with Crippen molar-refractivity contribution >= 4 is 5.78 Å². The summed E-state index contributed by atoms with van der Waals surface area (Å²) < 4.78 is 5.07. The molecule has 0 aliphatic heterocycles. The number of ether oxygens (including phenoxy) is 1. The number of hydrogen-bond acceptors (Lipinski definition) is 3. The molecule has 2 aromatic rings. The minimum absolute atomic E-state index is 0.0405. The van der Waals surface area contributed by atoms with Crippen molar-refractivity contribution in [3.05, 3.63) is 65.2 Å². The van der Waals surface area contributed by atoms with Crippen molar-refractivity contribution in [1.29, 1.82) is 0 Å². The first-order valence-electron chi connectivity index (χ1n) is 7.75. The van der Waals surface area contributed by atoms with Gasteiger partial charge in [0.15, 0.2) is 5.78 Å². The Bertz CT molecular complexity index is 649. The van der Waals surface area contributed by atoms with Gasteiger partial charge in [0.1, 0.15) is 5.75 Å². The maximum Gasteiger partial charge on any atom is 0.162 e. The molecule has 2 rings (SSSR count). The van der Waals surface area contributed by atoms with Crippen LogP contribution >= 0.6 is 0 Å². The van der Waals surface area contributed by atoms with Crippen LogP contribution in [-0.2, 0) is 5.41 Å². The standard InChI is InChI=1S/C20H23O3/c1-20(2,3)16-9-5-14(6-10-16)18(21)13-19(22)15-7-11-17(23-4)12-8-15/h5-12,19H,13H2,1-4H3/q-1. The highest BCUT2D eigenvalue weighted by molar-refractivity contribution is 5.96. The van der Waals surface area contributed by atoms with Gasteiger partial charge in [-0.2, -0.15) is 0 Å². The highest BCUT2D eigenvalue weighted by Crippen LogP contribution is 2.24. The Balaban J connectivity index is 2.05. The molecule has 1 atom stereocenters. The molecule has 122 valence electrons. The number of carbonyl (C=O) groups is 1. The predicted molar refractivity (Wildman–Crippen MR) is 89.8 cm³/mol. The number of Topliss-reactive ketones (excluding diaryl/α,β-unsaturated/α-hetero) is 1. The summed E-state index contributed by atoms with van der Waals surface area (Å²) in [7, 11) is 1.58. The minimum atomic E-state index is -1.06. The first-order valence-corrected chi connectivity index (χ1v) is 7.75. The third-order valence-electron chi connectivity index (χ3n) is 3.93. The van der Waals surface area contributed by atoms with Crippen LogP contribution in [0.3, 0.4) is 0 Å². The molecular weight excluding hydrogens is 288 g/mol. The van der Waals surface area contributed by atoms with E-state index in [0.717, 1.165) is 0 Å². The van der Waals surface area contributed by atoms with Gasteiger partial charge in [-0.15, -0.1) is 0 Å². The van der Waals surface area contributed by atoms with Crippen LogP contribution in [0.4, 0.5) is 0 Å². The molecule has 0 bridgehead atoms. The lowest BCUT2D eigenvalue weighted by Gasteiger charge is -2.22. The molecule has 0 aliphatic carbocycles. The monoisotopic (exact) mass is 311 g/mol. The molecule has 0 aliphatic rings. The Hall–Kier alpha value is -2.13. The van der Waals surface area contributed by atoms with E-state index in [2.05, 4.69) is 20.8 Å². The molecule has 23 heavy (non-hydrogen) atoms. The fourth-order valence-electron chi connectivity index (χ4n) is 2.38. The number of ketones is 1. The van der Waals surface area contributed by atoms with Gasteiger partial charge in [0, 0.05) is 12.0 Å². The average molecular weight is 311 g/mol. The van der Waals surface area contributed by atoms with Gasteiger partial charge >= 0.3 is 0 Å². The van der Waals surface area contributed by atoms with Gasteiger partial charge < -0.3 is 9.84 Å². The summed E-state index contributed by atoms with van der Waals surface area (Å²) >= 11 is 0. The normalized spacial score (nSPS) is 12.7. The Labute approximate surface area is 137 Å². The Kier molecular flexibility index (Phi) is 5.22. The van der Waals surface area contributed by atoms with Crippen LogP contribution in [-0.4, -0.2) is 12.9 Å². The van der Waals surface area contributed by atoms with Crippen LogP contribution in [0.15, 0.2) is 48.5 Å². The summed E-state index contributed by atoms with van der Waals surface area (Å²) in [5.74, 6) is 0.575. The van der Waals surface area contributed by atoms with Crippen LogP contribution in [0, 0.1) is 0 Å². The van der Waals surface area contributed by atoms with E-state index in [1.54, 1.807) is 31.4 Å². The first kappa shape index (κ1) is 17.2. The molecule has 0 heterocycles. The van der Waals surface area contributed by atoms with E-state index in [1.165, 1.54) is 5.56 Å². The SMILES string of the molecule is COc1ccc(C([O-])CC(=O)c2ccc(C(C)(C)C)cc2)cc1. The topological polar surface area (TPSA) is 49.4 Å². The molecule has 3 heteroatoms. The molecule has 0 radical (unpaired) electrons. The van der Waals surface area contributed by atoms with Crippen LogP contribution in [0.25, 0.3) is 0 Å². The highest BCUT2D eigenvalue weighted by Gasteiger charge is 2.15. The Morgan fingerprint density at radius 2 is 1.61 bits per heavy atom. The van der Waals surface area contributed by atoms with Crippen LogP contribution in [0.2, 0.25) is 0 Å². The maximum atomic E-state index is 12.3. The quantitative estimate of drug-likeness (QED) is 0.792. The zero-order valence-electron chi connectivity index (χ0n) is 14.1. The van der Waals surface area contributed by atoms with E-state index in [-0.39, 0.29) is 17.6 Å². The van der Waals surface area contributed by atoms with Gasteiger partial charge in [0.25, 0.3) is 0 Å². The second-order valence-corrected chi connectivity index (χ2v) is 6.72. The van der Waals surface area contributed by atoms with Gasteiger partial charge in [-0.3, -0.25) is 4.79 Å². The van der Waals surface area contributed by atoms with Crippen LogP contribution in [0.5, 0.6) is 5.75 Å². The summed E-state index contributed by atoms with van der Waals surface area (Å²) in [4.78, 5) is 12.3. The molecular formula is C20H23O3-. The van der Waals surface area contributed by atoms with E-state index in [0.29, 0.717) is 16.9 Å². The minimum Gasteiger partial charge on any atom is -0.848 e. The number of carbonyl (C=O) groups excluding carboxylic acids is 1. The fourth-order valence-corrected chi connectivity index (χ4v) is 2.38. The zero-order chi connectivity index (χ0) is 17.0. The molecule has 0 amide bonds. The van der Waals surface area contributed by atoms with Crippen molar-refractivity contribution < 1.29 is 14.6 Å². The fraction of sp³-hybridized carbons (Fsp3) is 0.350. The first-order chi connectivity index (χ1) is 10.8. The average Bonchev–Trinajstić information content (AvgIpc) is 2.54. The molecule has 0 N–H and O–H groups in total. The van der Waals surface area contributed by atoms with Gasteiger partial charge in [-0.25, -0.2) is 0 Å². The third kappa shape index (κ3) is 4.42. The molecule has 0 aromatic heterocycles. The van der Waals surface area contributed by atoms with Crippen LogP contribution in [0.1, 0.15) is 54.8 Å². The van der Waals surface area contributed by atoms with Gasteiger partial charge in [-0.05, 0) is 23.1 Å². The summed E-state index contributed by atoms with van der Waals surface area (Å²) in [6.45, 7) is 6.38. The number of methoxy groups -OCH3 is 1. The highest BCUT2D eigenvalue weighted by atomic mass is 16.5. The molecule has 0 spiro atoms. The zero-order valence-corrected chi connectivity index (χ0v) is 14.1. The van der Waals surface area contributed by atoms with E-state index < -0.39 is 6.10 Å². The van der Waals surface area contributed by atoms with E-state index in [4.69, 9.17) is 4.74 Å². The molecule has 2 aromatic carbocycles. The third-order valence-corrected chi connectivity index (χ3v) is 3.93. The van der Waals surface area contributed by atoms with Crippen molar-refractivity contribution in [2.45, 2.75) is 38.7 Å². The van der Waals surface area contributed by atoms with E-state index >= 15 is 0 Å². The maximum absolute atomic E-state index is 12.3. The summed E-state index contributed by atoms with van der Waals surface area (Å²) in [6, 6.07) is 14.4. The van der Waals surface area contributed by atoms with Crippen molar-refractivity contribution in [1.82, 2.24) is 0 Å². The van der Waals surface area contributed by atoms with Crippen molar-refractivity contribution in [2.24, 2.45) is 0 Å². The second kappa shape index (κ2) is 6.97. The summed E-state index contributed by atoms with van der Waals surface area (Å²) in [5, 5.41) is 12.3. The molecule has 3 nitrogen and oxygen atoms in total. The van der Waals surface area contributed by atoms with Gasteiger partial charge in [0.05, 0.1) is 7.11 Å². The lowest BCUT2D eigenvalue weighted by Crippen LogP contribution is -2.19. The molecule has 0 fully saturated rings.